The molecule has 0 aliphatic carbocycles. The zero-order valence-corrected chi connectivity index (χ0v) is 12.6. The first-order chi connectivity index (χ1) is 0. The predicted molar refractivity (Wildman–Crippen MR) is 23.0 cm³/mol. The molecule has 0 unspecified atom stereocenters. The molecule has 0 nitrogen and oxygen atoms in total. The molecule has 0 aromatic heterocycles. The maximum Gasteiger partial charge on any atom is 0 e. The maximum absolute atomic E-state index is 0. The van der Waals surface area contributed by atoms with Gasteiger partial charge in [-0.05, 0) is 0 Å². The van der Waals surface area contributed by atoms with Crippen molar-refractivity contribution in [3.8, 4) is 0 Å². The van der Waals surface area contributed by atoms with E-state index in [2.05, 4.69) is 0 Å². The minimum absolute atomic E-state index is 0. The third-order valence-electron chi connectivity index (χ3n) is 0. The predicted octanol–water partition coefficient (Wildman–Crippen LogP) is -1.53. The summed E-state index contributed by atoms with van der Waals surface area (Å²) in [5, 5.41) is 0. The molecule has 0 aliphatic rings. The Bertz CT molecular complexity index is 11.6. The van der Waals surface area contributed by atoms with Crippen molar-refractivity contribution in [3.63, 3.8) is 0 Å². The van der Waals surface area contributed by atoms with E-state index in [9.17, 15) is 0 Å². The summed E-state index contributed by atoms with van der Waals surface area (Å²) in [4.78, 5) is 0. The van der Waals surface area contributed by atoms with Crippen LogP contribution in [-0.2, 0) is 16.5 Å². The number of hydrogen-bond donors (Lipinski definition) is 0. The molecular formula is BaLiMgNaNi. The molecule has 5 heteroatoms. The number of rotatable bonds is 0. The van der Waals surface area contributed by atoms with E-state index in [1.54, 1.807) is 0 Å². The van der Waals surface area contributed by atoms with Crippen molar-refractivity contribution in [2.24, 2.45) is 0 Å². The molecule has 0 fully saturated rings. The van der Waals surface area contributed by atoms with E-state index in [1.807, 2.05) is 0 Å². The van der Waals surface area contributed by atoms with Crippen molar-refractivity contribution in [3.05, 3.63) is 0 Å². The minimum Gasteiger partial charge on any atom is 0 e. The van der Waals surface area contributed by atoms with Crippen molar-refractivity contribution in [1.82, 2.24) is 0 Å². The van der Waals surface area contributed by atoms with E-state index in [0.29, 0.717) is 0 Å². The van der Waals surface area contributed by atoms with Gasteiger partial charge in [-0.1, -0.05) is 0 Å². The van der Waals surface area contributed by atoms with E-state index >= 15 is 0 Å². The smallest absolute Gasteiger partial charge is 0 e. The second-order valence-electron chi connectivity index (χ2n) is 0. The van der Waals surface area contributed by atoms with E-state index in [1.165, 1.54) is 0 Å². The van der Waals surface area contributed by atoms with E-state index in [4.69, 9.17) is 0 Å². The van der Waals surface area contributed by atoms with E-state index in [-0.39, 0.29) is 137 Å². The van der Waals surface area contributed by atoms with Crippen LogP contribution < -0.4 is 0 Å². The molecule has 16 valence electrons. The number of hydrogen-bond acceptors (Lipinski definition) is 0. The normalized spacial score (nSPS) is 0. The third kappa shape index (κ3) is 17.8. The van der Waals surface area contributed by atoms with Gasteiger partial charge in [0.25, 0.3) is 0 Å². The Hall–Kier alpha value is 4.43. The van der Waals surface area contributed by atoms with Gasteiger partial charge in [-0.3, -0.25) is 0 Å². The summed E-state index contributed by atoms with van der Waals surface area (Å²) in [5.74, 6) is 0. The van der Waals surface area contributed by atoms with Crippen molar-refractivity contribution in [1.29, 1.82) is 0 Å². The maximum atomic E-state index is 0. The summed E-state index contributed by atoms with van der Waals surface area (Å²) < 4.78 is 0. The summed E-state index contributed by atoms with van der Waals surface area (Å²) in [7, 11) is 0. The molecule has 0 aromatic carbocycles. The van der Waals surface area contributed by atoms with Crippen molar-refractivity contribution >= 4 is 120 Å². The van der Waals surface area contributed by atoms with Gasteiger partial charge in [-0.15, -0.1) is 0 Å². The molecule has 0 amide bonds. The first kappa shape index (κ1) is 34.2. The molecule has 0 aromatic rings. The summed E-state index contributed by atoms with van der Waals surface area (Å²) in [6, 6.07) is 0. The molecule has 0 saturated heterocycles. The van der Waals surface area contributed by atoms with Crippen LogP contribution in [0.15, 0.2) is 0 Å². The molecule has 0 spiro atoms. The van der Waals surface area contributed by atoms with Crippen molar-refractivity contribution < 1.29 is 16.5 Å². The summed E-state index contributed by atoms with van der Waals surface area (Å²) in [6.07, 6.45) is 0. The van der Waals surface area contributed by atoms with E-state index in [0.717, 1.165) is 0 Å². The molecule has 0 N–H and O–H groups in total. The molecule has 0 atom stereocenters. The fourth-order valence-electron chi connectivity index (χ4n) is 0. The summed E-state index contributed by atoms with van der Waals surface area (Å²) >= 11 is 0. The molecular weight excluding hydrogens is 250 g/mol. The van der Waals surface area contributed by atoms with Crippen LogP contribution in [-0.4, -0.2) is 120 Å². The van der Waals surface area contributed by atoms with Gasteiger partial charge in [-0.2, -0.15) is 0 Å². The monoisotopic (exact) mass is 250 g/mol. The largest absolute Gasteiger partial charge is 0 e. The summed E-state index contributed by atoms with van der Waals surface area (Å²) in [6.45, 7) is 0. The molecule has 0 aliphatic heterocycles. The van der Waals surface area contributed by atoms with Crippen molar-refractivity contribution in [2.75, 3.05) is 0 Å². The molecule has 0 bridgehead atoms. The van der Waals surface area contributed by atoms with Gasteiger partial charge < -0.3 is 0 Å². The average molecular weight is 250 g/mol. The first-order valence-electron chi connectivity index (χ1n) is 0. The first-order valence-corrected chi connectivity index (χ1v) is 0. The zero-order chi connectivity index (χ0) is 0. The van der Waals surface area contributed by atoms with Crippen LogP contribution in [0.4, 0.5) is 0 Å². The Morgan fingerprint density at radius 2 is 1.00 bits per heavy atom. The van der Waals surface area contributed by atoms with Gasteiger partial charge in [0.15, 0.2) is 0 Å². The fourth-order valence-corrected chi connectivity index (χ4v) is 0. The van der Waals surface area contributed by atoms with Crippen LogP contribution >= 0.6 is 0 Å². The average Bonchev–Trinajstić information content (AvgIpc) is 0. The van der Waals surface area contributed by atoms with Crippen LogP contribution in [0.25, 0.3) is 0 Å². The topological polar surface area (TPSA) is 0 Å². The van der Waals surface area contributed by atoms with Gasteiger partial charge in [0.2, 0.25) is 0 Å². The molecule has 0 heterocycles. The zero-order valence-electron chi connectivity index (χ0n) is 3.73. The van der Waals surface area contributed by atoms with Gasteiger partial charge in [-0.25, -0.2) is 0 Å². The van der Waals surface area contributed by atoms with Crippen LogP contribution in [0.1, 0.15) is 0 Å². The molecule has 5 heavy (non-hydrogen) atoms. The van der Waals surface area contributed by atoms with Crippen LogP contribution in [0.3, 0.4) is 0 Å². The molecule has 0 rings (SSSR count). The summed E-state index contributed by atoms with van der Waals surface area (Å²) in [5.41, 5.74) is 0. The second kappa shape index (κ2) is 23.7. The van der Waals surface area contributed by atoms with Gasteiger partial charge in [0.05, 0.1) is 0 Å². The third-order valence-corrected chi connectivity index (χ3v) is 0. The Balaban J connectivity index is 0. The van der Waals surface area contributed by atoms with Gasteiger partial charge >= 0.3 is 0 Å². The molecule has 0 saturated carbocycles. The Morgan fingerprint density at radius 3 is 1.00 bits per heavy atom. The fraction of sp³-hybridized carbons (Fsp3) is 0. The van der Waals surface area contributed by atoms with Crippen LogP contribution in [0.2, 0.25) is 0 Å². The van der Waals surface area contributed by atoms with Crippen molar-refractivity contribution in [2.45, 2.75) is 0 Å². The minimum atomic E-state index is 0. The van der Waals surface area contributed by atoms with Crippen LogP contribution in [0.5, 0.6) is 0 Å². The van der Waals surface area contributed by atoms with Crippen LogP contribution in [0, 0.1) is 0 Å². The standard InChI is InChI=1S/Ba.Li.Mg.Na.Ni. The SMILES string of the molecule is [Ba].[Li].[Mg].[Na].[Ni]. The Labute approximate surface area is 133 Å². The quantitative estimate of drug-likeness (QED) is 0.458. The molecule has 6 radical (unpaired) electrons. The van der Waals surface area contributed by atoms with Gasteiger partial charge in [0.1, 0.15) is 0 Å². The van der Waals surface area contributed by atoms with E-state index < -0.39 is 0 Å². The Morgan fingerprint density at radius 1 is 1.00 bits per heavy atom. The Kier molecular flexibility index (Phi) is 162. The second-order valence-corrected chi connectivity index (χ2v) is 0. The van der Waals surface area contributed by atoms with Gasteiger partial charge in [0, 0.05) is 137 Å².